The fraction of sp³-hybridized carbons (Fsp3) is 0.458. The molecule has 1 saturated heterocycles. The molecule has 1 atom stereocenters. The van der Waals surface area contributed by atoms with Gasteiger partial charge in [0.1, 0.15) is 0 Å². The molecule has 0 saturated carbocycles. The minimum absolute atomic E-state index is 0.113. The summed E-state index contributed by atoms with van der Waals surface area (Å²) in [6, 6.07) is 4.84. The normalized spacial score (nSPS) is 15.6. The molecule has 2 aromatic rings. The molecular formula is C24H34N6O4. The van der Waals surface area contributed by atoms with Gasteiger partial charge in [-0.15, -0.1) is 0 Å². The number of nitrogens with zero attached hydrogens (tertiary/aromatic N) is 4. The Morgan fingerprint density at radius 3 is 2.68 bits per heavy atom. The zero-order valence-corrected chi connectivity index (χ0v) is 20.2. The van der Waals surface area contributed by atoms with Crippen LogP contribution in [0.3, 0.4) is 0 Å². The SMILES string of the molecule is COc1nccc(C)c1C(C)Nc1cc(C(=O)N(C)N2CCN(CCO)CC2)c(C=O)cc1N. The summed E-state index contributed by atoms with van der Waals surface area (Å²) >= 11 is 0. The maximum atomic E-state index is 13.4. The van der Waals surface area contributed by atoms with Crippen LogP contribution in [0.2, 0.25) is 0 Å². The first-order valence-electron chi connectivity index (χ1n) is 11.3. The van der Waals surface area contributed by atoms with E-state index >= 15 is 0 Å². The van der Waals surface area contributed by atoms with Crippen molar-refractivity contribution in [1.82, 2.24) is 19.9 Å². The van der Waals surface area contributed by atoms with Gasteiger partial charge >= 0.3 is 0 Å². The number of hydrazine groups is 1. The molecule has 1 aliphatic heterocycles. The summed E-state index contributed by atoms with van der Waals surface area (Å²) in [7, 11) is 3.27. The van der Waals surface area contributed by atoms with Gasteiger partial charge in [-0.1, -0.05) is 0 Å². The summed E-state index contributed by atoms with van der Waals surface area (Å²) in [6.07, 6.45) is 2.34. The number of benzene rings is 1. The van der Waals surface area contributed by atoms with Gasteiger partial charge in [0.15, 0.2) is 6.29 Å². The molecule has 10 nitrogen and oxygen atoms in total. The smallest absolute Gasteiger partial charge is 0.268 e. The number of nitrogens with two attached hydrogens (primary N) is 1. The lowest BCUT2D eigenvalue weighted by molar-refractivity contribution is -0.0246. The molecule has 1 fully saturated rings. The molecule has 184 valence electrons. The number of aryl methyl sites for hydroxylation is 1. The molecule has 1 unspecified atom stereocenters. The van der Waals surface area contributed by atoms with Crippen molar-refractivity contribution >= 4 is 23.6 Å². The fourth-order valence-corrected chi connectivity index (χ4v) is 4.29. The van der Waals surface area contributed by atoms with Crippen molar-refractivity contribution in [3.8, 4) is 5.88 Å². The number of nitrogens with one attached hydrogen (secondary N) is 1. The Bertz CT molecular complexity index is 1020. The Morgan fingerprint density at radius 2 is 2.06 bits per heavy atom. The number of ether oxygens (including phenoxy) is 1. The van der Waals surface area contributed by atoms with Gasteiger partial charge in [0, 0.05) is 57.1 Å². The quantitative estimate of drug-likeness (QED) is 0.370. The zero-order valence-electron chi connectivity index (χ0n) is 20.2. The molecule has 1 aromatic heterocycles. The molecule has 1 aromatic carbocycles. The van der Waals surface area contributed by atoms with Crippen LogP contribution in [-0.2, 0) is 0 Å². The number of aliphatic hydroxyl groups is 1. The van der Waals surface area contributed by atoms with Crippen LogP contribution in [0.15, 0.2) is 24.4 Å². The van der Waals surface area contributed by atoms with Crippen molar-refractivity contribution in [2.45, 2.75) is 19.9 Å². The van der Waals surface area contributed by atoms with Gasteiger partial charge in [-0.3, -0.25) is 19.5 Å². The minimum Gasteiger partial charge on any atom is -0.481 e. The van der Waals surface area contributed by atoms with E-state index < -0.39 is 0 Å². The van der Waals surface area contributed by atoms with Crippen LogP contribution in [0.25, 0.3) is 0 Å². The number of amides is 1. The first kappa shape index (κ1) is 25.4. The molecule has 0 bridgehead atoms. The average Bonchev–Trinajstić information content (AvgIpc) is 2.84. The summed E-state index contributed by atoms with van der Waals surface area (Å²) in [5, 5.41) is 16.0. The topological polar surface area (TPSA) is 124 Å². The van der Waals surface area contributed by atoms with E-state index in [0.29, 0.717) is 43.2 Å². The number of nitrogen functional groups attached to an aromatic ring is 1. The molecule has 2 heterocycles. The second kappa shape index (κ2) is 11.3. The van der Waals surface area contributed by atoms with Crippen LogP contribution >= 0.6 is 0 Å². The van der Waals surface area contributed by atoms with E-state index in [2.05, 4.69) is 15.2 Å². The highest BCUT2D eigenvalue weighted by atomic mass is 16.5. The third kappa shape index (κ3) is 5.46. The number of piperazine rings is 1. The molecule has 34 heavy (non-hydrogen) atoms. The van der Waals surface area contributed by atoms with Gasteiger partial charge in [0.2, 0.25) is 5.88 Å². The van der Waals surface area contributed by atoms with E-state index in [1.165, 1.54) is 6.07 Å². The van der Waals surface area contributed by atoms with Crippen LogP contribution in [0.5, 0.6) is 5.88 Å². The molecule has 3 rings (SSSR count). The van der Waals surface area contributed by atoms with Gasteiger partial charge in [-0.05, 0) is 37.6 Å². The molecule has 1 amide bonds. The number of β-amino-alcohol motifs (C(OH)–C–C–N with tert-alkyl or cyclic N) is 1. The number of aldehydes is 1. The molecular weight excluding hydrogens is 436 g/mol. The lowest BCUT2D eigenvalue weighted by atomic mass is 10.0. The first-order valence-corrected chi connectivity index (χ1v) is 11.3. The second-order valence-corrected chi connectivity index (χ2v) is 8.41. The summed E-state index contributed by atoms with van der Waals surface area (Å²) in [6.45, 7) is 7.45. The number of carbonyl (C=O) groups is 2. The average molecular weight is 471 g/mol. The summed E-state index contributed by atoms with van der Waals surface area (Å²) < 4.78 is 5.42. The number of anilines is 2. The van der Waals surface area contributed by atoms with Crippen molar-refractivity contribution in [3.05, 3.63) is 46.6 Å². The number of pyridine rings is 1. The highest BCUT2D eigenvalue weighted by Gasteiger charge is 2.26. The van der Waals surface area contributed by atoms with Gasteiger partial charge in [-0.2, -0.15) is 0 Å². The van der Waals surface area contributed by atoms with Crippen molar-refractivity contribution in [2.24, 2.45) is 0 Å². The van der Waals surface area contributed by atoms with Crippen LogP contribution in [0.1, 0.15) is 44.8 Å². The molecule has 0 radical (unpaired) electrons. The monoisotopic (exact) mass is 470 g/mol. The molecule has 10 heteroatoms. The van der Waals surface area contributed by atoms with Crippen molar-refractivity contribution in [1.29, 1.82) is 0 Å². The maximum Gasteiger partial charge on any atom is 0.268 e. The Labute approximate surface area is 200 Å². The van der Waals surface area contributed by atoms with Crippen molar-refractivity contribution in [3.63, 3.8) is 0 Å². The van der Waals surface area contributed by atoms with Gasteiger partial charge < -0.3 is 20.9 Å². The van der Waals surface area contributed by atoms with Gasteiger partial charge in [0.25, 0.3) is 5.91 Å². The number of aromatic nitrogens is 1. The Morgan fingerprint density at radius 1 is 1.35 bits per heavy atom. The van der Waals surface area contributed by atoms with Crippen LogP contribution < -0.4 is 15.8 Å². The van der Waals surface area contributed by atoms with Crippen LogP contribution in [-0.4, -0.2) is 90.7 Å². The van der Waals surface area contributed by atoms with E-state index in [4.69, 9.17) is 15.6 Å². The number of carbonyl (C=O) groups excluding carboxylic acids is 2. The summed E-state index contributed by atoms with van der Waals surface area (Å²) in [5.41, 5.74) is 9.55. The van der Waals surface area contributed by atoms with E-state index in [9.17, 15) is 9.59 Å². The highest BCUT2D eigenvalue weighted by Crippen LogP contribution is 2.32. The summed E-state index contributed by atoms with van der Waals surface area (Å²) in [4.78, 5) is 31.6. The minimum atomic E-state index is -0.288. The van der Waals surface area contributed by atoms with E-state index in [1.807, 2.05) is 24.9 Å². The first-order chi connectivity index (χ1) is 16.3. The fourth-order valence-electron chi connectivity index (χ4n) is 4.29. The van der Waals surface area contributed by atoms with E-state index in [-0.39, 0.29) is 29.7 Å². The third-order valence-electron chi connectivity index (χ3n) is 6.23. The van der Waals surface area contributed by atoms with Crippen LogP contribution in [0, 0.1) is 6.92 Å². The number of rotatable bonds is 9. The predicted molar refractivity (Wildman–Crippen MR) is 131 cm³/mol. The summed E-state index contributed by atoms with van der Waals surface area (Å²) in [5.74, 6) is 0.225. The zero-order chi connectivity index (χ0) is 24.8. The Balaban J connectivity index is 1.84. The van der Waals surface area contributed by atoms with Crippen molar-refractivity contribution in [2.75, 3.05) is 64.5 Å². The van der Waals surface area contributed by atoms with Gasteiger partial charge in [0.05, 0.1) is 36.7 Å². The number of aliphatic hydroxyl groups excluding tert-OH is 1. The highest BCUT2D eigenvalue weighted by molar-refractivity contribution is 6.03. The molecule has 1 aliphatic rings. The standard InChI is InChI=1S/C24H34N6O4/c1-16-5-6-26-23(34-4)22(16)17(2)27-21-14-19(18(15-32)13-20(21)25)24(33)28(3)30-9-7-29(8-10-30)11-12-31/h5-6,13-15,17,27,31H,7-12,25H2,1-4H3. The molecule has 0 spiro atoms. The Kier molecular flexibility index (Phi) is 8.43. The van der Waals surface area contributed by atoms with Crippen LogP contribution in [0.4, 0.5) is 11.4 Å². The Hall–Kier alpha value is -3.21. The number of hydrogen-bond acceptors (Lipinski definition) is 9. The lowest BCUT2D eigenvalue weighted by Gasteiger charge is -2.39. The third-order valence-corrected chi connectivity index (χ3v) is 6.23. The van der Waals surface area contributed by atoms with Crippen molar-refractivity contribution < 1.29 is 19.4 Å². The van der Waals surface area contributed by atoms with E-state index in [0.717, 1.165) is 24.2 Å². The predicted octanol–water partition coefficient (Wildman–Crippen LogP) is 1.56. The van der Waals surface area contributed by atoms with E-state index in [1.54, 1.807) is 31.4 Å². The van der Waals surface area contributed by atoms with Gasteiger partial charge in [-0.25, -0.2) is 9.99 Å². The molecule has 0 aliphatic carbocycles. The largest absolute Gasteiger partial charge is 0.481 e. The molecule has 4 N–H and O–H groups in total. The number of methoxy groups -OCH3 is 1. The second-order valence-electron chi connectivity index (χ2n) is 8.41. The lowest BCUT2D eigenvalue weighted by Crippen LogP contribution is -2.54. The number of hydrogen-bond donors (Lipinski definition) is 3. The maximum absolute atomic E-state index is 13.4.